The molecule has 0 amide bonds. The number of hydrogen-bond acceptors (Lipinski definition) is 2. The van der Waals surface area contributed by atoms with Crippen LogP contribution in [-0.2, 0) is 0 Å². The molecule has 0 aliphatic heterocycles. The zero-order valence-electron chi connectivity index (χ0n) is 11.4. The van der Waals surface area contributed by atoms with Crippen molar-refractivity contribution in [1.29, 1.82) is 0 Å². The van der Waals surface area contributed by atoms with Crippen LogP contribution in [0.2, 0.25) is 0 Å². The molecule has 1 atom stereocenters. The number of benzene rings is 1. The number of imidazole rings is 1. The first-order valence-electron chi connectivity index (χ1n) is 6.42. The summed E-state index contributed by atoms with van der Waals surface area (Å²) >= 11 is 13.4. The van der Waals surface area contributed by atoms with Gasteiger partial charge < -0.3 is 0 Å². The average molecular weight is 430 g/mol. The van der Waals surface area contributed by atoms with Crippen LogP contribution >= 0.6 is 43.5 Å². The van der Waals surface area contributed by atoms with Crippen molar-refractivity contribution in [3.05, 3.63) is 50.8 Å². The van der Waals surface area contributed by atoms with E-state index in [0.29, 0.717) is 0 Å². The monoisotopic (exact) mass is 427 g/mol. The van der Waals surface area contributed by atoms with Gasteiger partial charge in [0.05, 0.1) is 11.1 Å². The minimum atomic E-state index is -0.217. The predicted octanol–water partition coefficient (Wildman–Crippen LogP) is 5.55. The molecular formula is C15H12Br2ClN3. The molecule has 3 aromatic rings. The third-order valence-electron chi connectivity index (χ3n) is 3.19. The van der Waals surface area contributed by atoms with Gasteiger partial charge >= 0.3 is 0 Å². The lowest BCUT2D eigenvalue weighted by Crippen LogP contribution is -2.03. The smallest absolute Gasteiger partial charge is 0.164 e. The number of fused-ring (bicyclic) bond motifs is 1. The van der Waals surface area contributed by atoms with Crippen molar-refractivity contribution in [2.45, 2.75) is 19.2 Å². The molecule has 6 heteroatoms. The second-order valence-corrected chi connectivity index (χ2v) is 7.30. The Labute approximate surface area is 144 Å². The summed E-state index contributed by atoms with van der Waals surface area (Å²) in [5.74, 6) is 0.779. The van der Waals surface area contributed by atoms with E-state index in [4.69, 9.17) is 11.6 Å². The van der Waals surface area contributed by atoms with Gasteiger partial charge in [-0.1, -0.05) is 6.07 Å². The lowest BCUT2D eigenvalue weighted by atomic mass is 10.2. The number of pyridine rings is 1. The van der Waals surface area contributed by atoms with E-state index in [2.05, 4.69) is 60.9 Å². The summed E-state index contributed by atoms with van der Waals surface area (Å²) in [6, 6.07) is 8.13. The normalized spacial score (nSPS) is 12.8. The molecular weight excluding hydrogens is 417 g/mol. The predicted molar refractivity (Wildman–Crippen MR) is 93.3 cm³/mol. The molecule has 0 N–H and O–H groups in total. The summed E-state index contributed by atoms with van der Waals surface area (Å²) in [4.78, 5) is 9.13. The third-order valence-corrected chi connectivity index (χ3v) is 4.45. The maximum absolute atomic E-state index is 6.31. The van der Waals surface area contributed by atoms with Crippen LogP contribution in [0.3, 0.4) is 0 Å². The minimum absolute atomic E-state index is 0.217. The van der Waals surface area contributed by atoms with Crippen LogP contribution in [0.15, 0.2) is 39.4 Å². The number of hydrogen-bond donors (Lipinski definition) is 0. The molecule has 2 heterocycles. The first-order chi connectivity index (χ1) is 9.97. The second kappa shape index (κ2) is 5.71. The lowest BCUT2D eigenvalue weighted by Gasteiger charge is -2.12. The van der Waals surface area contributed by atoms with Gasteiger partial charge in [0.25, 0.3) is 0 Å². The molecule has 0 saturated carbocycles. The maximum atomic E-state index is 6.31. The Hall–Kier alpha value is -0.910. The summed E-state index contributed by atoms with van der Waals surface area (Å²) in [6.45, 7) is 3.97. The standard InChI is InChI=1S/C15H12Br2ClN3/c1-8-3-4-13(11(17)5-8)21-14(9(2)18)20-12-6-10(16)7-19-15(12)21/h3-7,9H,1-2H3. The van der Waals surface area contributed by atoms with Crippen LogP contribution in [0.25, 0.3) is 16.9 Å². The van der Waals surface area contributed by atoms with Gasteiger partial charge in [-0.25, -0.2) is 9.97 Å². The van der Waals surface area contributed by atoms with E-state index < -0.39 is 0 Å². The van der Waals surface area contributed by atoms with Crippen molar-refractivity contribution in [3.8, 4) is 5.69 Å². The van der Waals surface area contributed by atoms with Crippen molar-refractivity contribution >= 4 is 54.6 Å². The molecule has 0 fully saturated rings. The Morgan fingerprint density at radius 3 is 2.67 bits per heavy atom. The highest BCUT2D eigenvalue weighted by molar-refractivity contribution is 9.10. The molecule has 0 aliphatic rings. The molecule has 0 spiro atoms. The van der Waals surface area contributed by atoms with Crippen molar-refractivity contribution in [2.24, 2.45) is 0 Å². The highest BCUT2D eigenvalue weighted by Gasteiger charge is 2.19. The van der Waals surface area contributed by atoms with Crippen LogP contribution < -0.4 is 0 Å². The van der Waals surface area contributed by atoms with Gasteiger partial charge in [-0.2, -0.15) is 0 Å². The van der Waals surface area contributed by atoms with Gasteiger partial charge in [-0.3, -0.25) is 4.57 Å². The number of halogens is 3. The number of rotatable bonds is 2. The molecule has 1 aromatic carbocycles. The third kappa shape index (κ3) is 2.74. The number of aromatic nitrogens is 3. The van der Waals surface area contributed by atoms with E-state index in [1.807, 2.05) is 23.6 Å². The lowest BCUT2D eigenvalue weighted by molar-refractivity contribution is 0.874. The second-order valence-electron chi connectivity index (χ2n) is 4.87. The number of nitrogens with zero attached hydrogens (tertiary/aromatic N) is 3. The first kappa shape index (κ1) is 15.0. The molecule has 0 radical (unpaired) electrons. The minimum Gasteiger partial charge on any atom is -0.278 e. The van der Waals surface area contributed by atoms with Gasteiger partial charge in [0.1, 0.15) is 11.3 Å². The van der Waals surface area contributed by atoms with Crippen molar-refractivity contribution in [1.82, 2.24) is 14.5 Å². The SMILES string of the molecule is Cc1ccc(-n2c(C(C)Cl)nc3cc(Br)cnc32)c(Br)c1. The largest absolute Gasteiger partial charge is 0.278 e. The van der Waals surface area contributed by atoms with E-state index in [9.17, 15) is 0 Å². The van der Waals surface area contributed by atoms with E-state index in [1.165, 1.54) is 5.56 Å². The molecule has 21 heavy (non-hydrogen) atoms. The molecule has 1 unspecified atom stereocenters. The van der Waals surface area contributed by atoms with Crippen LogP contribution in [0.4, 0.5) is 0 Å². The van der Waals surface area contributed by atoms with Crippen LogP contribution in [0.5, 0.6) is 0 Å². The van der Waals surface area contributed by atoms with Gasteiger partial charge in [0.2, 0.25) is 0 Å². The molecule has 0 aliphatic carbocycles. The van der Waals surface area contributed by atoms with Crippen molar-refractivity contribution in [3.63, 3.8) is 0 Å². The Kier molecular flexibility index (Phi) is 4.08. The topological polar surface area (TPSA) is 30.7 Å². The molecule has 0 bridgehead atoms. The first-order valence-corrected chi connectivity index (χ1v) is 8.44. The zero-order chi connectivity index (χ0) is 15.1. The zero-order valence-corrected chi connectivity index (χ0v) is 15.4. The summed E-state index contributed by atoms with van der Waals surface area (Å²) in [5, 5.41) is -0.217. The fourth-order valence-electron chi connectivity index (χ4n) is 2.26. The van der Waals surface area contributed by atoms with E-state index in [0.717, 1.165) is 31.6 Å². The van der Waals surface area contributed by atoms with Crippen molar-refractivity contribution < 1.29 is 0 Å². The van der Waals surface area contributed by atoms with Crippen LogP contribution in [0.1, 0.15) is 23.7 Å². The van der Waals surface area contributed by atoms with E-state index >= 15 is 0 Å². The quantitative estimate of drug-likeness (QED) is 0.500. The maximum Gasteiger partial charge on any atom is 0.164 e. The Balaban J connectivity index is 2.36. The summed E-state index contributed by atoms with van der Waals surface area (Å²) in [5.41, 5.74) is 3.79. The Morgan fingerprint density at radius 1 is 1.24 bits per heavy atom. The fraction of sp³-hybridized carbons (Fsp3) is 0.200. The van der Waals surface area contributed by atoms with Gasteiger partial charge in [0, 0.05) is 15.1 Å². The summed E-state index contributed by atoms with van der Waals surface area (Å²) in [6.07, 6.45) is 1.77. The van der Waals surface area contributed by atoms with Gasteiger partial charge in [-0.15, -0.1) is 11.6 Å². The summed E-state index contributed by atoms with van der Waals surface area (Å²) in [7, 11) is 0. The number of aryl methyl sites for hydroxylation is 1. The van der Waals surface area contributed by atoms with Gasteiger partial charge in [-0.05, 0) is 69.5 Å². The molecule has 108 valence electrons. The van der Waals surface area contributed by atoms with Crippen LogP contribution in [0, 0.1) is 6.92 Å². The number of alkyl halides is 1. The molecule has 3 rings (SSSR count). The van der Waals surface area contributed by atoms with Crippen LogP contribution in [-0.4, -0.2) is 14.5 Å². The molecule has 0 saturated heterocycles. The Morgan fingerprint density at radius 2 is 2.00 bits per heavy atom. The van der Waals surface area contributed by atoms with Crippen molar-refractivity contribution in [2.75, 3.05) is 0 Å². The fourth-order valence-corrected chi connectivity index (χ4v) is 3.39. The molecule has 3 nitrogen and oxygen atoms in total. The van der Waals surface area contributed by atoms with E-state index in [-0.39, 0.29) is 5.38 Å². The molecule has 2 aromatic heterocycles. The average Bonchev–Trinajstić information content (AvgIpc) is 2.77. The summed E-state index contributed by atoms with van der Waals surface area (Å²) < 4.78 is 3.89. The highest BCUT2D eigenvalue weighted by atomic mass is 79.9. The Bertz CT molecular complexity index is 827. The highest BCUT2D eigenvalue weighted by Crippen LogP contribution is 2.32. The van der Waals surface area contributed by atoms with Gasteiger partial charge in [0.15, 0.2) is 5.65 Å². The van der Waals surface area contributed by atoms with E-state index in [1.54, 1.807) is 6.20 Å².